The molecule has 0 heterocycles. The van der Waals surface area contributed by atoms with Gasteiger partial charge in [-0.1, -0.05) is 6.92 Å². The van der Waals surface area contributed by atoms with Crippen LogP contribution >= 0.6 is 0 Å². The van der Waals surface area contributed by atoms with E-state index in [2.05, 4.69) is 5.32 Å². The Balaban J connectivity index is 0.00000289. The van der Waals surface area contributed by atoms with E-state index >= 15 is 0 Å². The quantitative estimate of drug-likeness (QED) is 0.382. The van der Waals surface area contributed by atoms with Crippen molar-refractivity contribution >= 4 is 11.6 Å². The molecule has 0 radical (unpaired) electrons. The van der Waals surface area contributed by atoms with Crippen LogP contribution in [0.1, 0.15) is 6.92 Å². The number of carbonyl (C=O) groups excluding carboxylic acids is 1. The Morgan fingerprint density at radius 3 is 2.50 bits per heavy atom. The van der Waals surface area contributed by atoms with E-state index in [1.165, 1.54) is 21.1 Å². The summed E-state index contributed by atoms with van der Waals surface area (Å²) in [5, 5.41) is 13.3. The van der Waals surface area contributed by atoms with Gasteiger partial charge in [-0.15, -0.1) is 5.76 Å². The average Bonchev–Trinajstić information content (AvgIpc) is 2.28. The summed E-state index contributed by atoms with van der Waals surface area (Å²) in [5.74, 6) is 0.293. The predicted octanol–water partition coefficient (Wildman–Crippen LogP) is -2.09. The first-order valence-corrected chi connectivity index (χ1v) is 4.95. The predicted molar refractivity (Wildman–Crippen MR) is 61.9 cm³/mol. The average molecular weight is 259 g/mol. The van der Waals surface area contributed by atoms with Crippen LogP contribution in [0.5, 0.6) is 11.5 Å². The molecule has 1 aromatic rings. The monoisotopic (exact) mass is 259 g/mol. The zero-order valence-electron chi connectivity index (χ0n) is 10.9. The molecule has 0 saturated heterocycles. The molecule has 1 rings (SSSR count). The SMILES string of the molecule is COc1ccc(NC(=O)/C=C(/C)[O-])c(OC)c1.[Na+]. The molecular weight excluding hydrogens is 245 g/mol. The maximum absolute atomic E-state index is 11.4. The molecule has 1 N–H and O–H groups in total. The smallest absolute Gasteiger partial charge is 0.875 e. The van der Waals surface area contributed by atoms with Gasteiger partial charge in [-0.3, -0.25) is 4.79 Å². The van der Waals surface area contributed by atoms with Gasteiger partial charge in [0.1, 0.15) is 11.5 Å². The van der Waals surface area contributed by atoms with Crippen molar-refractivity contribution in [2.24, 2.45) is 0 Å². The summed E-state index contributed by atoms with van der Waals surface area (Å²) in [6, 6.07) is 4.97. The summed E-state index contributed by atoms with van der Waals surface area (Å²) in [6.45, 7) is 1.31. The van der Waals surface area contributed by atoms with Crippen LogP contribution in [0.25, 0.3) is 0 Å². The molecule has 5 nitrogen and oxygen atoms in total. The van der Waals surface area contributed by atoms with Crippen molar-refractivity contribution in [3.63, 3.8) is 0 Å². The van der Waals surface area contributed by atoms with Crippen LogP contribution < -0.4 is 49.5 Å². The first kappa shape index (κ1) is 16.8. The third-order valence-electron chi connectivity index (χ3n) is 2.00. The van der Waals surface area contributed by atoms with Crippen molar-refractivity contribution in [2.75, 3.05) is 19.5 Å². The molecule has 0 aromatic heterocycles. The zero-order chi connectivity index (χ0) is 12.8. The van der Waals surface area contributed by atoms with Crippen LogP contribution in [0.3, 0.4) is 0 Å². The number of anilines is 1. The van der Waals surface area contributed by atoms with Crippen LogP contribution in [-0.2, 0) is 4.79 Å². The number of hydrogen-bond acceptors (Lipinski definition) is 4. The first-order valence-electron chi connectivity index (χ1n) is 4.95. The molecule has 0 saturated carbocycles. The Bertz CT molecular complexity index is 442. The number of methoxy groups -OCH3 is 2. The molecule has 0 aliphatic rings. The van der Waals surface area contributed by atoms with E-state index in [4.69, 9.17) is 9.47 Å². The van der Waals surface area contributed by atoms with Crippen LogP contribution in [0, 0.1) is 0 Å². The molecule has 1 amide bonds. The second-order valence-electron chi connectivity index (χ2n) is 3.31. The second kappa shape index (κ2) is 8.02. The summed E-state index contributed by atoms with van der Waals surface area (Å²) in [4.78, 5) is 11.4. The third-order valence-corrected chi connectivity index (χ3v) is 2.00. The number of benzene rings is 1. The van der Waals surface area contributed by atoms with Crippen LogP contribution in [-0.4, -0.2) is 20.1 Å². The molecule has 0 aliphatic carbocycles. The molecular formula is C12H14NNaO4. The van der Waals surface area contributed by atoms with E-state index in [0.717, 1.165) is 6.08 Å². The summed E-state index contributed by atoms with van der Waals surface area (Å²) in [7, 11) is 3.02. The largest absolute Gasteiger partial charge is 1.00 e. The van der Waals surface area contributed by atoms with Crippen molar-refractivity contribution in [1.82, 2.24) is 0 Å². The minimum atomic E-state index is -0.485. The topological polar surface area (TPSA) is 70.6 Å². The van der Waals surface area contributed by atoms with Gasteiger partial charge in [-0.25, -0.2) is 0 Å². The standard InChI is InChI=1S/C12H15NO4.Na/c1-8(14)6-12(15)13-10-5-4-9(16-2)7-11(10)17-3;/h4-7,14H,1-3H3,(H,13,15);/q;+1/p-1/b8-6-;. The molecule has 1 aromatic carbocycles. The number of nitrogens with one attached hydrogen (secondary N) is 1. The van der Waals surface area contributed by atoms with E-state index < -0.39 is 5.91 Å². The van der Waals surface area contributed by atoms with Gasteiger partial charge in [0, 0.05) is 6.07 Å². The Hall–Kier alpha value is -1.17. The third kappa shape index (κ3) is 5.00. The normalized spacial score (nSPS) is 10.3. The fraction of sp³-hybridized carbons (Fsp3) is 0.250. The van der Waals surface area contributed by atoms with E-state index in [1.807, 2.05) is 0 Å². The minimum absolute atomic E-state index is 0. The van der Waals surface area contributed by atoms with E-state index in [-0.39, 0.29) is 35.3 Å². The molecule has 0 atom stereocenters. The minimum Gasteiger partial charge on any atom is -0.875 e. The van der Waals surface area contributed by atoms with Crippen LogP contribution in [0.2, 0.25) is 0 Å². The Morgan fingerprint density at radius 2 is 2.00 bits per heavy atom. The van der Waals surface area contributed by atoms with E-state index in [9.17, 15) is 9.90 Å². The fourth-order valence-corrected chi connectivity index (χ4v) is 1.26. The Kier molecular flexibility index (Phi) is 7.50. The van der Waals surface area contributed by atoms with Gasteiger partial charge in [0.2, 0.25) is 5.91 Å². The number of rotatable bonds is 4. The van der Waals surface area contributed by atoms with Gasteiger partial charge >= 0.3 is 29.6 Å². The van der Waals surface area contributed by atoms with Crippen molar-refractivity contribution in [1.29, 1.82) is 0 Å². The van der Waals surface area contributed by atoms with E-state index in [1.54, 1.807) is 18.2 Å². The molecule has 0 fully saturated rings. The van der Waals surface area contributed by atoms with Gasteiger partial charge in [0.15, 0.2) is 0 Å². The van der Waals surface area contributed by atoms with Gasteiger partial charge < -0.3 is 19.9 Å². The molecule has 6 heteroatoms. The maximum Gasteiger partial charge on any atom is 1.00 e. The van der Waals surface area contributed by atoms with Crippen LogP contribution in [0.4, 0.5) is 5.69 Å². The number of amides is 1. The molecule has 0 aliphatic heterocycles. The summed E-state index contributed by atoms with van der Waals surface area (Å²) in [5.41, 5.74) is 0.482. The van der Waals surface area contributed by atoms with E-state index in [0.29, 0.717) is 17.2 Å². The Labute approximate surface area is 128 Å². The fourth-order valence-electron chi connectivity index (χ4n) is 1.26. The first-order chi connectivity index (χ1) is 8.06. The van der Waals surface area contributed by atoms with Gasteiger partial charge in [-0.05, 0) is 18.2 Å². The molecule has 92 valence electrons. The number of carbonyl (C=O) groups is 1. The molecule has 0 spiro atoms. The van der Waals surface area contributed by atoms with Gasteiger partial charge in [0.25, 0.3) is 0 Å². The summed E-state index contributed by atoms with van der Waals surface area (Å²) < 4.78 is 10.1. The summed E-state index contributed by atoms with van der Waals surface area (Å²) >= 11 is 0. The maximum atomic E-state index is 11.4. The van der Waals surface area contributed by atoms with Gasteiger partial charge in [0.05, 0.1) is 19.9 Å². The molecule has 0 bridgehead atoms. The number of ether oxygens (including phenoxy) is 2. The van der Waals surface area contributed by atoms with Crippen molar-refractivity contribution in [2.45, 2.75) is 6.92 Å². The number of allylic oxidation sites excluding steroid dienone is 1. The van der Waals surface area contributed by atoms with Crippen molar-refractivity contribution in [3.8, 4) is 11.5 Å². The number of hydrogen-bond donors (Lipinski definition) is 1. The molecule has 0 unspecified atom stereocenters. The van der Waals surface area contributed by atoms with Crippen molar-refractivity contribution in [3.05, 3.63) is 30.0 Å². The zero-order valence-corrected chi connectivity index (χ0v) is 12.9. The van der Waals surface area contributed by atoms with Crippen LogP contribution in [0.15, 0.2) is 30.0 Å². The second-order valence-corrected chi connectivity index (χ2v) is 3.31. The van der Waals surface area contributed by atoms with Gasteiger partial charge in [-0.2, -0.15) is 0 Å². The molecule has 18 heavy (non-hydrogen) atoms. The Morgan fingerprint density at radius 1 is 1.33 bits per heavy atom. The summed E-state index contributed by atoms with van der Waals surface area (Å²) in [6.07, 6.45) is 0.976. The van der Waals surface area contributed by atoms with Crippen molar-refractivity contribution < 1.29 is 48.9 Å².